The molecule has 0 saturated carbocycles. The van der Waals surface area contributed by atoms with Gasteiger partial charge < -0.3 is 10.4 Å². The number of thiazole rings is 1. The van der Waals surface area contributed by atoms with Crippen LogP contribution in [0.1, 0.15) is 10.6 Å². The molecule has 80 valence electrons. The predicted molar refractivity (Wildman–Crippen MR) is 60.3 cm³/mol. The molecule has 6 heteroatoms. The van der Waals surface area contributed by atoms with E-state index >= 15 is 0 Å². The molecule has 0 bridgehead atoms. The predicted octanol–water partition coefficient (Wildman–Crippen LogP) is 1.65. The van der Waals surface area contributed by atoms with Gasteiger partial charge in [0.2, 0.25) is 0 Å². The summed E-state index contributed by atoms with van der Waals surface area (Å²) < 4.78 is 0. The fourth-order valence-corrected chi connectivity index (χ4v) is 1.75. The molecule has 2 N–H and O–H groups in total. The van der Waals surface area contributed by atoms with Crippen LogP contribution in [0.15, 0.2) is 24.4 Å². The highest BCUT2D eigenvalue weighted by Crippen LogP contribution is 2.20. The molecule has 0 aliphatic heterocycles. The Morgan fingerprint density at radius 3 is 3.06 bits per heavy atom. The van der Waals surface area contributed by atoms with E-state index in [0.717, 1.165) is 0 Å². The lowest BCUT2D eigenvalue weighted by Gasteiger charge is -2.02. The third-order valence-electron chi connectivity index (χ3n) is 1.82. The van der Waals surface area contributed by atoms with Crippen LogP contribution in [0.3, 0.4) is 0 Å². The zero-order chi connectivity index (χ0) is 11.4. The van der Waals surface area contributed by atoms with Gasteiger partial charge in [0.1, 0.15) is 16.8 Å². The number of aliphatic hydroxyl groups excluding tert-OH is 1. The van der Waals surface area contributed by atoms with Crippen molar-refractivity contribution in [1.82, 2.24) is 9.97 Å². The van der Waals surface area contributed by atoms with Crippen LogP contribution in [0.25, 0.3) is 0 Å². The summed E-state index contributed by atoms with van der Waals surface area (Å²) in [7, 11) is 0. The first-order valence-corrected chi connectivity index (χ1v) is 5.33. The second-order valence-corrected chi connectivity index (χ2v) is 3.97. The van der Waals surface area contributed by atoms with Gasteiger partial charge >= 0.3 is 0 Å². The van der Waals surface area contributed by atoms with Crippen molar-refractivity contribution in [3.8, 4) is 6.07 Å². The maximum absolute atomic E-state index is 8.92. The Labute approximate surface area is 96.0 Å². The third kappa shape index (κ3) is 2.34. The number of aliphatic hydroxyl groups is 1. The van der Waals surface area contributed by atoms with Crippen molar-refractivity contribution < 1.29 is 5.11 Å². The molecule has 0 radical (unpaired) electrons. The molecule has 2 heterocycles. The first-order valence-electron chi connectivity index (χ1n) is 4.51. The number of aromatic nitrogens is 2. The SMILES string of the molecule is N#Cc1cnc(Nc2cccc(CO)n2)s1. The first kappa shape index (κ1) is 10.5. The van der Waals surface area contributed by atoms with Crippen LogP contribution in [-0.4, -0.2) is 15.1 Å². The number of pyridine rings is 1. The maximum atomic E-state index is 8.92. The second-order valence-electron chi connectivity index (χ2n) is 2.94. The summed E-state index contributed by atoms with van der Waals surface area (Å²) in [4.78, 5) is 8.71. The van der Waals surface area contributed by atoms with Gasteiger partial charge in [0, 0.05) is 0 Å². The minimum absolute atomic E-state index is 0.100. The lowest BCUT2D eigenvalue weighted by Crippen LogP contribution is -1.95. The van der Waals surface area contributed by atoms with Gasteiger partial charge in [0.05, 0.1) is 18.5 Å². The van der Waals surface area contributed by atoms with Gasteiger partial charge in [-0.2, -0.15) is 5.26 Å². The topological polar surface area (TPSA) is 81.8 Å². The van der Waals surface area contributed by atoms with Crippen LogP contribution >= 0.6 is 11.3 Å². The molecular formula is C10H8N4OS. The van der Waals surface area contributed by atoms with E-state index in [1.807, 2.05) is 6.07 Å². The molecule has 0 saturated heterocycles. The van der Waals surface area contributed by atoms with Crippen LogP contribution in [0.5, 0.6) is 0 Å². The Morgan fingerprint density at radius 1 is 1.50 bits per heavy atom. The van der Waals surface area contributed by atoms with Crippen LogP contribution in [-0.2, 0) is 6.61 Å². The number of anilines is 2. The summed E-state index contributed by atoms with van der Waals surface area (Å²) in [5.74, 6) is 0.602. The molecule has 0 unspecified atom stereocenters. The molecule has 0 spiro atoms. The average Bonchev–Trinajstić information content (AvgIpc) is 2.77. The highest BCUT2D eigenvalue weighted by molar-refractivity contribution is 7.16. The summed E-state index contributed by atoms with van der Waals surface area (Å²) in [6.45, 7) is -0.100. The normalized spacial score (nSPS) is 9.75. The Hall–Kier alpha value is -1.97. The number of rotatable bonds is 3. The van der Waals surface area contributed by atoms with Crippen molar-refractivity contribution in [1.29, 1.82) is 5.26 Å². The number of nitrogens with zero attached hydrogens (tertiary/aromatic N) is 3. The highest BCUT2D eigenvalue weighted by atomic mass is 32.1. The maximum Gasteiger partial charge on any atom is 0.189 e. The minimum Gasteiger partial charge on any atom is -0.390 e. The minimum atomic E-state index is -0.100. The van der Waals surface area contributed by atoms with E-state index in [2.05, 4.69) is 15.3 Å². The van der Waals surface area contributed by atoms with Crippen molar-refractivity contribution in [2.24, 2.45) is 0 Å². The van der Waals surface area contributed by atoms with Gasteiger partial charge in [-0.1, -0.05) is 17.4 Å². The molecular weight excluding hydrogens is 224 g/mol. The zero-order valence-corrected chi connectivity index (χ0v) is 9.03. The average molecular weight is 232 g/mol. The van der Waals surface area contributed by atoms with E-state index in [0.29, 0.717) is 21.5 Å². The molecule has 0 aliphatic carbocycles. The molecule has 0 aliphatic rings. The summed E-state index contributed by atoms with van der Waals surface area (Å²) in [6, 6.07) is 7.30. The monoisotopic (exact) mass is 232 g/mol. The second kappa shape index (κ2) is 4.70. The highest BCUT2D eigenvalue weighted by Gasteiger charge is 2.02. The molecule has 2 aromatic rings. The van der Waals surface area contributed by atoms with E-state index in [-0.39, 0.29) is 6.61 Å². The Balaban J connectivity index is 2.17. The molecule has 0 aromatic carbocycles. The fourth-order valence-electron chi connectivity index (χ4n) is 1.13. The lowest BCUT2D eigenvalue weighted by molar-refractivity contribution is 0.277. The number of nitrogens with one attached hydrogen (secondary N) is 1. The van der Waals surface area contributed by atoms with Crippen molar-refractivity contribution in [3.63, 3.8) is 0 Å². The Morgan fingerprint density at radius 2 is 2.38 bits per heavy atom. The lowest BCUT2D eigenvalue weighted by atomic mass is 10.3. The van der Waals surface area contributed by atoms with Crippen LogP contribution in [0, 0.1) is 11.3 Å². The van der Waals surface area contributed by atoms with E-state index in [4.69, 9.17) is 10.4 Å². The van der Waals surface area contributed by atoms with Gasteiger partial charge in [-0.3, -0.25) is 0 Å². The van der Waals surface area contributed by atoms with Gasteiger partial charge in [-0.15, -0.1) is 0 Å². The van der Waals surface area contributed by atoms with E-state index in [9.17, 15) is 0 Å². The van der Waals surface area contributed by atoms with Gasteiger partial charge in [0.25, 0.3) is 0 Å². The summed E-state index contributed by atoms with van der Waals surface area (Å²) >= 11 is 1.26. The standard InChI is InChI=1S/C10H8N4OS/c11-4-8-5-12-10(16-8)14-9-3-1-2-7(6-15)13-9/h1-3,5,15H,6H2,(H,12,13,14). The first-order chi connectivity index (χ1) is 7.81. The molecule has 5 nitrogen and oxygen atoms in total. The van der Waals surface area contributed by atoms with Crippen molar-refractivity contribution in [2.45, 2.75) is 6.61 Å². The molecule has 0 atom stereocenters. The molecule has 16 heavy (non-hydrogen) atoms. The molecule has 0 fully saturated rings. The number of nitriles is 1. The van der Waals surface area contributed by atoms with Gasteiger partial charge in [0.15, 0.2) is 5.13 Å². The summed E-state index contributed by atoms with van der Waals surface area (Å²) in [5.41, 5.74) is 0.585. The van der Waals surface area contributed by atoms with E-state index in [1.165, 1.54) is 17.5 Å². The largest absolute Gasteiger partial charge is 0.390 e. The molecule has 0 amide bonds. The van der Waals surface area contributed by atoms with E-state index in [1.54, 1.807) is 18.2 Å². The zero-order valence-electron chi connectivity index (χ0n) is 8.21. The Bertz CT molecular complexity index is 532. The molecule has 2 rings (SSSR count). The smallest absolute Gasteiger partial charge is 0.189 e. The number of hydrogen-bond acceptors (Lipinski definition) is 6. The van der Waals surface area contributed by atoms with Crippen LogP contribution < -0.4 is 5.32 Å². The van der Waals surface area contributed by atoms with Crippen molar-refractivity contribution >= 4 is 22.3 Å². The summed E-state index contributed by atoms with van der Waals surface area (Å²) in [5, 5.41) is 21.1. The van der Waals surface area contributed by atoms with Gasteiger partial charge in [-0.05, 0) is 12.1 Å². The Kier molecular flexibility index (Phi) is 3.10. The van der Waals surface area contributed by atoms with Crippen LogP contribution in [0.4, 0.5) is 10.9 Å². The van der Waals surface area contributed by atoms with E-state index < -0.39 is 0 Å². The quantitative estimate of drug-likeness (QED) is 0.840. The fraction of sp³-hybridized carbons (Fsp3) is 0.100. The van der Waals surface area contributed by atoms with Gasteiger partial charge in [-0.25, -0.2) is 9.97 Å². The molecule has 2 aromatic heterocycles. The third-order valence-corrected chi connectivity index (χ3v) is 2.64. The summed E-state index contributed by atoms with van der Waals surface area (Å²) in [6.07, 6.45) is 1.50. The van der Waals surface area contributed by atoms with Crippen molar-refractivity contribution in [2.75, 3.05) is 5.32 Å². The van der Waals surface area contributed by atoms with Crippen LogP contribution in [0.2, 0.25) is 0 Å². The number of hydrogen-bond donors (Lipinski definition) is 2. The van der Waals surface area contributed by atoms with Crippen molar-refractivity contribution in [3.05, 3.63) is 35.0 Å².